The maximum absolute atomic E-state index is 6.35. The van der Waals surface area contributed by atoms with Crippen LogP contribution in [-0.4, -0.2) is 36.5 Å². The van der Waals surface area contributed by atoms with E-state index in [4.69, 9.17) is 40.0 Å². The van der Waals surface area contributed by atoms with Crippen LogP contribution in [0.5, 0.6) is 0 Å². The summed E-state index contributed by atoms with van der Waals surface area (Å²) in [5.74, 6) is 2.09. The van der Waals surface area contributed by atoms with Gasteiger partial charge in [-0.3, -0.25) is 0 Å². The fraction of sp³-hybridized carbons (Fsp3) is 0.800. The van der Waals surface area contributed by atoms with E-state index >= 15 is 0 Å². The molecule has 0 bridgehead atoms. The SMILES string of the molecule is CC1(C)CSCC(C)(C)[C]([Ge]([Cl])[Cl])=[C]1[Ge]([Cl])[Cl]. The standard InChI is InChI=1S/C10H16Cl4Ge2S/c1-9(2)5-17-6-10(3,4)8(16(13)14)7(9)15(11)12/h5-6H2,1-4H3. The minimum atomic E-state index is -2.20. The minimum absolute atomic E-state index is 0.0363. The van der Waals surface area contributed by atoms with Gasteiger partial charge in [0.05, 0.1) is 0 Å². The van der Waals surface area contributed by atoms with E-state index in [0.29, 0.717) is 0 Å². The van der Waals surface area contributed by atoms with Crippen molar-refractivity contribution in [3.63, 3.8) is 0 Å². The van der Waals surface area contributed by atoms with E-state index in [-0.39, 0.29) is 10.8 Å². The van der Waals surface area contributed by atoms with Gasteiger partial charge in [-0.25, -0.2) is 0 Å². The third-order valence-corrected chi connectivity index (χ3v) is 15.3. The first kappa shape index (κ1) is 17.4. The molecule has 1 aliphatic heterocycles. The molecule has 1 aliphatic rings. The molecule has 98 valence electrons. The summed E-state index contributed by atoms with van der Waals surface area (Å²) in [6.45, 7) is 8.85. The fourth-order valence-electron chi connectivity index (χ4n) is 2.08. The summed E-state index contributed by atoms with van der Waals surface area (Å²) >= 11 is -2.45. The van der Waals surface area contributed by atoms with Gasteiger partial charge in [-0.2, -0.15) is 0 Å². The first-order valence-corrected chi connectivity index (χ1v) is 19.6. The van der Waals surface area contributed by atoms with Gasteiger partial charge >= 0.3 is 136 Å². The summed E-state index contributed by atoms with van der Waals surface area (Å²) in [4.78, 5) is 0. The third-order valence-electron chi connectivity index (χ3n) is 2.91. The van der Waals surface area contributed by atoms with Crippen LogP contribution in [0.4, 0.5) is 0 Å². The van der Waals surface area contributed by atoms with Gasteiger partial charge in [0.2, 0.25) is 0 Å². The zero-order valence-corrected chi connectivity index (χ0v) is 18.4. The average molecular weight is 455 g/mol. The third kappa shape index (κ3) is 4.15. The molecular weight excluding hydrogens is 439 g/mol. The van der Waals surface area contributed by atoms with Crippen LogP contribution in [0.3, 0.4) is 0 Å². The summed E-state index contributed by atoms with van der Waals surface area (Å²) in [5, 5.41) is 0. The molecule has 0 aromatic rings. The molecule has 0 saturated heterocycles. The molecule has 0 unspecified atom stereocenters. The number of halogens is 4. The van der Waals surface area contributed by atoms with Crippen molar-refractivity contribution in [2.45, 2.75) is 27.7 Å². The van der Waals surface area contributed by atoms with E-state index in [2.05, 4.69) is 27.7 Å². The van der Waals surface area contributed by atoms with Gasteiger partial charge in [0.25, 0.3) is 0 Å². The second-order valence-electron chi connectivity index (χ2n) is 5.53. The Kier molecular flexibility index (Phi) is 6.55. The topological polar surface area (TPSA) is 0 Å². The number of rotatable bonds is 2. The van der Waals surface area contributed by atoms with Gasteiger partial charge in [0.15, 0.2) is 0 Å². The summed E-state index contributed by atoms with van der Waals surface area (Å²) < 4.78 is 2.46. The van der Waals surface area contributed by atoms with Gasteiger partial charge in [-0.1, -0.05) is 0 Å². The zero-order valence-electron chi connectivity index (χ0n) is 10.3. The molecule has 17 heavy (non-hydrogen) atoms. The van der Waals surface area contributed by atoms with Crippen molar-refractivity contribution in [3.05, 3.63) is 8.81 Å². The Morgan fingerprint density at radius 1 is 0.824 bits per heavy atom. The summed E-state index contributed by atoms with van der Waals surface area (Å²) in [7, 11) is 25.4. The first-order valence-electron chi connectivity index (χ1n) is 5.29. The van der Waals surface area contributed by atoms with Crippen LogP contribution in [0.2, 0.25) is 0 Å². The van der Waals surface area contributed by atoms with Crippen LogP contribution in [0.15, 0.2) is 8.81 Å². The fourth-order valence-corrected chi connectivity index (χ4v) is 22.2. The molecule has 0 spiro atoms. The van der Waals surface area contributed by atoms with Gasteiger partial charge < -0.3 is 0 Å². The van der Waals surface area contributed by atoms with Gasteiger partial charge in [0.1, 0.15) is 0 Å². The second-order valence-corrected chi connectivity index (χ2v) is 20.7. The van der Waals surface area contributed by atoms with Crippen LogP contribution in [-0.2, 0) is 0 Å². The molecule has 0 aromatic heterocycles. The summed E-state index contributed by atoms with van der Waals surface area (Å²) in [5.41, 5.74) is 0.0727. The molecule has 0 fully saturated rings. The van der Waals surface area contributed by atoms with Crippen molar-refractivity contribution >= 4 is 76.8 Å². The summed E-state index contributed by atoms with van der Waals surface area (Å²) in [6, 6.07) is 0. The Bertz CT molecular complexity index is 296. The molecule has 0 aromatic carbocycles. The van der Waals surface area contributed by atoms with Crippen LogP contribution in [0.1, 0.15) is 27.7 Å². The number of hydrogen-bond acceptors (Lipinski definition) is 1. The van der Waals surface area contributed by atoms with E-state index in [0.717, 1.165) is 11.5 Å². The molecule has 1 heterocycles. The molecule has 0 nitrogen and oxygen atoms in total. The Balaban J connectivity index is 3.45. The molecule has 0 aliphatic carbocycles. The molecule has 0 N–H and O–H groups in total. The van der Waals surface area contributed by atoms with Crippen molar-refractivity contribution in [3.8, 4) is 0 Å². The van der Waals surface area contributed by atoms with Gasteiger partial charge in [-0.05, 0) is 0 Å². The van der Waals surface area contributed by atoms with Gasteiger partial charge in [0, 0.05) is 0 Å². The molecular formula is C10H16Cl4Ge2S. The molecule has 0 saturated carbocycles. The Morgan fingerprint density at radius 3 is 1.35 bits per heavy atom. The summed E-state index contributed by atoms with van der Waals surface area (Å²) in [6.07, 6.45) is 0. The zero-order chi connectivity index (χ0) is 13.4. The molecule has 0 amide bonds. The van der Waals surface area contributed by atoms with E-state index in [9.17, 15) is 0 Å². The predicted molar refractivity (Wildman–Crippen MR) is 86.8 cm³/mol. The second kappa shape index (κ2) is 6.40. The number of hydrogen-bond donors (Lipinski definition) is 0. The van der Waals surface area contributed by atoms with Crippen LogP contribution in [0.25, 0.3) is 0 Å². The molecule has 2 radical (unpaired) electrons. The van der Waals surface area contributed by atoms with Crippen molar-refractivity contribution in [2.75, 3.05) is 11.5 Å². The van der Waals surface area contributed by atoms with Crippen LogP contribution < -0.4 is 0 Å². The van der Waals surface area contributed by atoms with Crippen LogP contribution in [0, 0.1) is 10.8 Å². The molecule has 1 rings (SSSR count). The van der Waals surface area contributed by atoms with E-state index in [1.54, 1.807) is 0 Å². The number of allylic oxidation sites excluding steroid dienone is 2. The Hall–Kier alpha value is 2.34. The van der Waals surface area contributed by atoms with Crippen molar-refractivity contribution in [1.29, 1.82) is 0 Å². The van der Waals surface area contributed by atoms with E-state index in [1.807, 2.05) is 11.8 Å². The predicted octanol–water partition coefficient (Wildman–Crippen LogP) is 5.09. The van der Waals surface area contributed by atoms with Crippen molar-refractivity contribution < 1.29 is 0 Å². The monoisotopic (exact) mass is 456 g/mol. The Labute approximate surface area is 134 Å². The normalized spacial score (nSPS) is 24.4. The molecule has 7 heteroatoms. The maximum atomic E-state index is 6.35. The quantitative estimate of drug-likeness (QED) is 0.523. The van der Waals surface area contributed by atoms with Crippen molar-refractivity contribution in [1.82, 2.24) is 0 Å². The van der Waals surface area contributed by atoms with Crippen LogP contribution >= 0.6 is 51.8 Å². The first-order chi connectivity index (χ1) is 7.59. The van der Waals surface area contributed by atoms with Crippen molar-refractivity contribution in [2.24, 2.45) is 10.8 Å². The van der Waals surface area contributed by atoms with Gasteiger partial charge in [-0.15, -0.1) is 0 Å². The molecule has 0 atom stereocenters. The van der Waals surface area contributed by atoms with E-state index < -0.39 is 25.0 Å². The van der Waals surface area contributed by atoms with E-state index in [1.165, 1.54) is 8.81 Å². The Morgan fingerprint density at radius 2 is 1.12 bits per heavy atom. The average Bonchev–Trinajstić information content (AvgIpc) is 2.19. The number of thioether (sulfide) groups is 1.